The molecule has 1 saturated carbocycles. The van der Waals surface area contributed by atoms with Crippen LogP contribution in [0.25, 0.3) is 0 Å². The summed E-state index contributed by atoms with van der Waals surface area (Å²) in [6, 6.07) is 6.33. The number of ether oxygens (including phenoxy) is 2. The van der Waals surface area contributed by atoms with Gasteiger partial charge in [0.25, 0.3) is 0 Å². The second-order valence-electron chi connectivity index (χ2n) is 6.28. The van der Waals surface area contributed by atoms with Crippen molar-refractivity contribution in [3.63, 3.8) is 0 Å². The smallest absolute Gasteiger partial charge is 0.127 e. The van der Waals surface area contributed by atoms with Gasteiger partial charge in [-0.3, -0.25) is 0 Å². The Morgan fingerprint density at radius 1 is 1.19 bits per heavy atom. The zero-order chi connectivity index (χ0) is 14.8. The molecule has 0 radical (unpaired) electrons. The van der Waals surface area contributed by atoms with Crippen molar-refractivity contribution in [2.24, 2.45) is 17.8 Å². The summed E-state index contributed by atoms with van der Waals surface area (Å²) in [7, 11) is 3.39. The zero-order valence-corrected chi connectivity index (χ0v) is 13.1. The molecule has 4 atom stereocenters. The molecule has 2 aliphatic carbocycles. The van der Waals surface area contributed by atoms with Gasteiger partial charge in [-0.15, -0.1) is 0 Å². The van der Waals surface area contributed by atoms with Crippen LogP contribution in [-0.4, -0.2) is 20.8 Å². The summed E-state index contributed by atoms with van der Waals surface area (Å²) in [6.07, 6.45) is 7.53. The lowest BCUT2D eigenvalue weighted by molar-refractivity contribution is 0.371. The third kappa shape index (κ3) is 2.93. The minimum atomic E-state index is 0.286. The van der Waals surface area contributed by atoms with Gasteiger partial charge < -0.3 is 14.8 Å². The average Bonchev–Trinajstić information content (AvgIpc) is 3.14. The molecule has 0 saturated heterocycles. The summed E-state index contributed by atoms with van der Waals surface area (Å²) in [5, 5.41) is 3.68. The van der Waals surface area contributed by atoms with Gasteiger partial charge in [-0.1, -0.05) is 18.2 Å². The molecule has 1 aromatic rings. The summed E-state index contributed by atoms with van der Waals surface area (Å²) in [5.74, 6) is 4.16. The van der Waals surface area contributed by atoms with E-state index < -0.39 is 0 Å². The van der Waals surface area contributed by atoms with Gasteiger partial charge in [0.2, 0.25) is 0 Å². The summed E-state index contributed by atoms with van der Waals surface area (Å²) in [5.41, 5.74) is 1.19. The molecule has 3 heteroatoms. The Morgan fingerprint density at radius 3 is 2.67 bits per heavy atom. The molecule has 0 heterocycles. The van der Waals surface area contributed by atoms with Crippen LogP contribution in [0.2, 0.25) is 0 Å². The van der Waals surface area contributed by atoms with Crippen molar-refractivity contribution in [2.75, 3.05) is 20.8 Å². The minimum Gasteiger partial charge on any atom is -0.497 e. The minimum absolute atomic E-state index is 0.286. The number of rotatable bonds is 6. The van der Waals surface area contributed by atoms with Crippen molar-refractivity contribution < 1.29 is 9.47 Å². The fraction of sp³-hybridized carbons (Fsp3) is 0.556. The lowest BCUT2D eigenvalue weighted by Gasteiger charge is -2.23. The number of nitrogens with one attached hydrogen (secondary N) is 1. The highest BCUT2D eigenvalue weighted by molar-refractivity contribution is 5.42. The Balaban J connectivity index is 1.62. The van der Waals surface area contributed by atoms with E-state index in [1.54, 1.807) is 14.2 Å². The molecule has 114 valence electrons. The first-order valence-corrected chi connectivity index (χ1v) is 7.85. The predicted molar refractivity (Wildman–Crippen MR) is 84.8 cm³/mol. The molecule has 1 N–H and O–H groups in total. The van der Waals surface area contributed by atoms with E-state index in [9.17, 15) is 0 Å². The quantitative estimate of drug-likeness (QED) is 0.811. The molecule has 0 aromatic heterocycles. The highest BCUT2D eigenvalue weighted by Gasteiger charge is 2.35. The predicted octanol–water partition coefficient (Wildman–Crippen LogP) is 3.57. The van der Waals surface area contributed by atoms with Crippen LogP contribution in [0.5, 0.6) is 11.5 Å². The summed E-state index contributed by atoms with van der Waals surface area (Å²) >= 11 is 0. The van der Waals surface area contributed by atoms with Crippen LogP contribution in [0.3, 0.4) is 0 Å². The van der Waals surface area contributed by atoms with Gasteiger partial charge in [0.15, 0.2) is 0 Å². The molecule has 3 rings (SSSR count). The Labute approximate surface area is 127 Å². The van der Waals surface area contributed by atoms with E-state index in [4.69, 9.17) is 9.47 Å². The lowest BCUT2D eigenvalue weighted by Crippen LogP contribution is -2.28. The van der Waals surface area contributed by atoms with E-state index in [0.717, 1.165) is 35.8 Å². The van der Waals surface area contributed by atoms with Crippen molar-refractivity contribution in [1.29, 1.82) is 0 Å². The average molecular weight is 287 g/mol. The first-order chi connectivity index (χ1) is 10.2. The maximum absolute atomic E-state index is 5.50. The molecule has 2 aliphatic rings. The number of fused-ring (bicyclic) bond motifs is 2. The van der Waals surface area contributed by atoms with Gasteiger partial charge in [-0.25, -0.2) is 0 Å². The normalized spacial score (nSPS) is 27.9. The molecule has 0 aliphatic heterocycles. The molecule has 0 spiro atoms. The first kappa shape index (κ1) is 14.5. The molecule has 2 bridgehead atoms. The van der Waals surface area contributed by atoms with Gasteiger partial charge in [0, 0.05) is 17.7 Å². The van der Waals surface area contributed by atoms with E-state index in [-0.39, 0.29) is 6.04 Å². The molecule has 3 nitrogen and oxygen atoms in total. The van der Waals surface area contributed by atoms with E-state index in [1.165, 1.54) is 18.4 Å². The second kappa shape index (κ2) is 6.10. The van der Waals surface area contributed by atoms with Crippen molar-refractivity contribution >= 4 is 0 Å². The maximum Gasteiger partial charge on any atom is 0.127 e. The van der Waals surface area contributed by atoms with Crippen LogP contribution in [0, 0.1) is 17.8 Å². The molecule has 21 heavy (non-hydrogen) atoms. The van der Waals surface area contributed by atoms with Crippen molar-refractivity contribution in [3.05, 3.63) is 35.9 Å². The topological polar surface area (TPSA) is 30.5 Å². The van der Waals surface area contributed by atoms with Gasteiger partial charge in [-0.05, 0) is 50.1 Å². The Bertz CT molecular complexity index is 526. The van der Waals surface area contributed by atoms with E-state index in [2.05, 4.69) is 30.5 Å². The van der Waals surface area contributed by atoms with Gasteiger partial charge in [0.05, 0.1) is 14.2 Å². The van der Waals surface area contributed by atoms with Crippen LogP contribution in [0.15, 0.2) is 30.4 Å². The number of allylic oxidation sites excluding steroid dienone is 2. The van der Waals surface area contributed by atoms with Crippen LogP contribution in [0.4, 0.5) is 0 Å². The van der Waals surface area contributed by atoms with Crippen molar-refractivity contribution in [2.45, 2.75) is 25.8 Å². The summed E-state index contributed by atoms with van der Waals surface area (Å²) < 4.78 is 10.8. The highest BCUT2D eigenvalue weighted by Crippen LogP contribution is 2.43. The Morgan fingerprint density at radius 2 is 2.05 bits per heavy atom. The second-order valence-corrected chi connectivity index (χ2v) is 6.28. The number of hydrogen-bond acceptors (Lipinski definition) is 3. The van der Waals surface area contributed by atoms with E-state index in [1.807, 2.05) is 12.1 Å². The first-order valence-electron chi connectivity index (χ1n) is 7.85. The van der Waals surface area contributed by atoms with Gasteiger partial charge >= 0.3 is 0 Å². The highest BCUT2D eigenvalue weighted by atomic mass is 16.5. The fourth-order valence-electron chi connectivity index (χ4n) is 3.74. The molecule has 0 amide bonds. The maximum atomic E-state index is 5.50. The molecule has 4 unspecified atom stereocenters. The molecule has 1 fully saturated rings. The van der Waals surface area contributed by atoms with Crippen molar-refractivity contribution in [1.82, 2.24) is 5.32 Å². The van der Waals surface area contributed by atoms with Crippen LogP contribution >= 0.6 is 0 Å². The molecule has 1 aromatic carbocycles. The van der Waals surface area contributed by atoms with E-state index in [0.29, 0.717) is 0 Å². The molecular formula is C18H25NO2. The lowest BCUT2D eigenvalue weighted by atomic mass is 9.93. The number of benzene rings is 1. The SMILES string of the molecule is COc1ccc(C(C)NCC2CC3C=CC2C3)c(OC)c1. The standard InChI is InChI=1S/C18H25NO2/c1-12(17-7-6-16(20-2)10-18(17)21-3)19-11-15-9-13-4-5-14(15)8-13/h4-7,10,12-15,19H,8-9,11H2,1-3H3. The number of methoxy groups -OCH3 is 2. The van der Waals surface area contributed by atoms with Crippen LogP contribution in [0.1, 0.15) is 31.4 Å². The Hall–Kier alpha value is -1.48. The van der Waals surface area contributed by atoms with Crippen LogP contribution in [-0.2, 0) is 0 Å². The van der Waals surface area contributed by atoms with Gasteiger partial charge in [0.1, 0.15) is 11.5 Å². The van der Waals surface area contributed by atoms with Crippen LogP contribution < -0.4 is 14.8 Å². The van der Waals surface area contributed by atoms with E-state index >= 15 is 0 Å². The third-order valence-electron chi connectivity index (χ3n) is 5.01. The van der Waals surface area contributed by atoms with Gasteiger partial charge in [-0.2, -0.15) is 0 Å². The molecular weight excluding hydrogens is 262 g/mol. The Kier molecular flexibility index (Phi) is 4.20. The summed E-state index contributed by atoms with van der Waals surface area (Å²) in [6.45, 7) is 3.29. The zero-order valence-electron chi connectivity index (χ0n) is 13.1. The monoisotopic (exact) mass is 287 g/mol. The number of hydrogen-bond donors (Lipinski definition) is 1. The summed E-state index contributed by atoms with van der Waals surface area (Å²) in [4.78, 5) is 0. The largest absolute Gasteiger partial charge is 0.497 e. The third-order valence-corrected chi connectivity index (χ3v) is 5.01. The fourth-order valence-corrected chi connectivity index (χ4v) is 3.74. The van der Waals surface area contributed by atoms with Crippen molar-refractivity contribution in [3.8, 4) is 11.5 Å².